The molecule has 0 atom stereocenters. The summed E-state index contributed by atoms with van der Waals surface area (Å²) in [6.45, 7) is 5.59. The van der Waals surface area contributed by atoms with Crippen LogP contribution in [-0.2, 0) is 11.2 Å². The third kappa shape index (κ3) is 4.34. The first-order chi connectivity index (χ1) is 12.8. The minimum Gasteiger partial charge on any atom is -0.354 e. The number of halogens is 1. The van der Waals surface area contributed by atoms with Crippen LogP contribution in [0.1, 0.15) is 34.6 Å². The van der Waals surface area contributed by atoms with E-state index in [9.17, 15) is 14.0 Å². The maximum absolute atomic E-state index is 14.0. The lowest BCUT2D eigenvalue weighted by atomic mass is 10.1. The highest BCUT2D eigenvalue weighted by atomic mass is 32.1. The number of carbonyl (C=O) groups excluding carboxylic acids is 2. The summed E-state index contributed by atoms with van der Waals surface area (Å²) >= 11 is 1.28. The van der Waals surface area contributed by atoms with Gasteiger partial charge < -0.3 is 10.6 Å². The summed E-state index contributed by atoms with van der Waals surface area (Å²) in [4.78, 5) is 24.9. The van der Waals surface area contributed by atoms with Crippen molar-refractivity contribution in [3.8, 4) is 0 Å². The van der Waals surface area contributed by atoms with Crippen molar-refractivity contribution in [1.29, 1.82) is 0 Å². The molecule has 0 radical (unpaired) electrons. The Morgan fingerprint density at radius 1 is 1.11 bits per heavy atom. The summed E-state index contributed by atoms with van der Waals surface area (Å²) in [5.41, 5.74) is 2.14. The van der Waals surface area contributed by atoms with Crippen molar-refractivity contribution in [2.45, 2.75) is 33.2 Å². The Bertz CT molecular complexity index is 993. The number of anilines is 1. The molecule has 0 aliphatic heterocycles. The molecule has 1 heterocycles. The van der Waals surface area contributed by atoms with Crippen molar-refractivity contribution >= 4 is 38.9 Å². The van der Waals surface area contributed by atoms with Crippen LogP contribution in [0.4, 0.5) is 10.1 Å². The molecule has 0 aliphatic carbocycles. The minimum atomic E-state index is -0.315. The number of hydrogen-bond donors (Lipinski definition) is 2. The Labute approximate surface area is 161 Å². The van der Waals surface area contributed by atoms with E-state index in [1.54, 1.807) is 25.1 Å². The van der Waals surface area contributed by atoms with Gasteiger partial charge in [-0.2, -0.15) is 0 Å². The number of rotatable bonds is 5. The molecular formula is C21H21FN2O2S. The van der Waals surface area contributed by atoms with Crippen LogP contribution in [0.5, 0.6) is 0 Å². The highest BCUT2D eigenvalue weighted by Crippen LogP contribution is 2.33. The van der Waals surface area contributed by atoms with Crippen molar-refractivity contribution in [2.24, 2.45) is 0 Å². The van der Waals surface area contributed by atoms with Crippen LogP contribution in [0, 0.1) is 12.7 Å². The Hall–Kier alpha value is -2.73. The van der Waals surface area contributed by atoms with Gasteiger partial charge in [-0.1, -0.05) is 18.2 Å². The molecule has 2 aromatic carbocycles. The van der Waals surface area contributed by atoms with Gasteiger partial charge in [0.15, 0.2) is 0 Å². The smallest absolute Gasteiger partial charge is 0.266 e. The molecule has 6 heteroatoms. The summed E-state index contributed by atoms with van der Waals surface area (Å²) in [6.07, 6.45) is 0.293. The second-order valence-electron chi connectivity index (χ2n) is 6.72. The average Bonchev–Trinajstić information content (AvgIpc) is 2.94. The Morgan fingerprint density at radius 3 is 2.44 bits per heavy atom. The molecular weight excluding hydrogens is 363 g/mol. The summed E-state index contributed by atoms with van der Waals surface area (Å²) < 4.78 is 14.8. The number of carbonyl (C=O) groups is 2. The third-order valence-electron chi connectivity index (χ3n) is 4.14. The van der Waals surface area contributed by atoms with E-state index in [1.807, 2.05) is 32.0 Å². The zero-order valence-corrected chi connectivity index (χ0v) is 16.2. The van der Waals surface area contributed by atoms with Crippen LogP contribution >= 0.6 is 11.3 Å². The number of fused-ring (bicyclic) bond motifs is 1. The lowest BCUT2D eigenvalue weighted by Crippen LogP contribution is -2.31. The first kappa shape index (κ1) is 19.0. The van der Waals surface area contributed by atoms with Crippen LogP contribution < -0.4 is 10.6 Å². The van der Waals surface area contributed by atoms with Gasteiger partial charge in [0.25, 0.3) is 5.91 Å². The topological polar surface area (TPSA) is 58.2 Å². The van der Waals surface area contributed by atoms with Crippen LogP contribution in [0.3, 0.4) is 0 Å². The number of nitrogens with one attached hydrogen (secondary N) is 2. The van der Waals surface area contributed by atoms with E-state index in [-0.39, 0.29) is 23.7 Å². The first-order valence-electron chi connectivity index (χ1n) is 8.72. The molecule has 0 fully saturated rings. The SMILES string of the molecule is Cc1c(C(=O)Nc2ccc(CC(=O)NC(C)C)cc2)sc2cccc(F)c12. The molecule has 1 aromatic heterocycles. The summed E-state index contributed by atoms with van der Waals surface area (Å²) in [5, 5.41) is 6.19. The number of aryl methyl sites for hydroxylation is 1. The van der Waals surface area contributed by atoms with E-state index in [4.69, 9.17) is 0 Å². The van der Waals surface area contributed by atoms with Crippen molar-refractivity contribution in [3.63, 3.8) is 0 Å². The third-order valence-corrected chi connectivity index (χ3v) is 5.39. The van der Waals surface area contributed by atoms with Gasteiger partial charge >= 0.3 is 0 Å². The van der Waals surface area contributed by atoms with Crippen molar-refractivity contribution in [3.05, 3.63) is 64.3 Å². The molecule has 0 saturated heterocycles. The lowest BCUT2D eigenvalue weighted by molar-refractivity contribution is -0.120. The molecule has 3 aromatic rings. The molecule has 0 spiro atoms. The van der Waals surface area contributed by atoms with Crippen molar-refractivity contribution < 1.29 is 14.0 Å². The van der Waals surface area contributed by atoms with Gasteiger partial charge in [-0.05, 0) is 56.2 Å². The Morgan fingerprint density at radius 2 is 1.81 bits per heavy atom. The zero-order valence-electron chi connectivity index (χ0n) is 15.4. The van der Waals surface area contributed by atoms with E-state index >= 15 is 0 Å². The fraction of sp³-hybridized carbons (Fsp3) is 0.238. The van der Waals surface area contributed by atoms with Gasteiger partial charge in [-0.15, -0.1) is 11.3 Å². The molecule has 140 valence electrons. The predicted octanol–water partition coefficient (Wildman–Crippen LogP) is 4.67. The van der Waals surface area contributed by atoms with E-state index in [0.717, 1.165) is 10.3 Å². The van der Waals surface area contributed by atoms with Crippen LogP contribution in [-0.4, -0.2) is 17.9 Å². The normalized spacial score (nSPS) is 11.0. The van der Waals surface area contributed by atoms with Crippen LogP contribution in [0.2, 0.25) is 0 Å². The fourth-order valence-electron chi connectivity index (χ4n) is 2.92. The van der Waals surface area contributed by atoms with E-state index < -0.39 is 0 Å². The molecule has 27 heavy (non-hydrogen) atoms. The second kappa shape index (κ2) is 7.88. The molecule has 3 rings (SSSR count). The maximum Gasteiger partial charge on any atom is 0.266 e. The molecule has 4 nitrogen and oxygen atoms in total. The number of hydrogen-bond acceptors (Lipinski definition) is 3. The molecule has 0 bridgehead atoms. The standard InChI is InChI=1S/C21H21FN2O2S/c1-12(2)23-18(25)11-14-7-9-15(10-8-14)24-21(26)20-13(3)19-16(22)5-4-6-17(19)27-20/h4-10,12H,11H2,1-3H3,(H,23,25)(H,24,26). The van der Waals surface area contributed by atoms with Gasteiger partial charge in [0, 0.05) is 21.8 Å². The molecule has 2 amide bonds. The summed E-state index contributed by atoms with van der Waals surface area (Å²) in [7, 11) is 0. The van der Waals surface area contributed by atoms with Gasteiger partial charge in [-0.25, -0.2) is 4.39 Å². The molecule has 2 N–H and O–H groups in total. The quantitative estimate of drug-likeness (QED) is 0.672. The second-order valence-corrected chi connectivity index (χ2v) is 7.77. The number of thiophene rings is 1. The minimum absolute atomic E-state index is 0.0373. The van der Waals surface area contributed by atoms with E-state index in [1.165, 1.54) is 17.4 Å². The highest BCUT2D eigenvalue weighted by Gasteiger charge is 2.18. The summed E-state index contributed by atoms with van der Waals surface area (Å²) in [5.74, 6) is -0.618. The Balaban J connectivity index is 1.72. The number of amides is 2. The van der Waals surface area contributed by atoms with Crippen LogP contribution in [0.15, 0.2) is 42.5 Å². The monoisotopic (exact) mass is 384 g/mol. The first-order valence-corrected chi connectivity index (χ1v) is 9.54. The van der Waals surface area contributed by atoms with Gasteiger partial charge in [0.2, 0.25) is 5.91 Å². The maximum atomic E-state index is 14.0. The lowest BCUT2D eigenvalue weighted by Gasteiger charge is -2.09. The zero-order chi connectivity index (χ0) is 19.6. The fourth-order valence-corrected chi connectivity index (χ4v) is 4.04. The average molecular weight is 384 g/mol. The van der Waals surface area contributed by atoms with Gasteiger partial charge in [-0.3, -0.25) is 9.59 Å². The van der Waals surface area contributed by atoms with Crippen molar-refractivity contribution in [2.75, 3.05) is 5.32 Å². The molecule has 0 unspecified atom stereocenters. The van der Waals surface area contributed by atoms with Crippen LogP contribution in [0.25, 0.3) is 10.1 Å². The highest BCUT2D eigenvalue weighted by molar-refractivity contribution is 7.21. The van der Waals surface area contributed by atoms with E-state index in [2.05, 4.69) is 10.6 Å². The number of benzene rings is 2. The summed E-state index contributed by atoms with van der Waals surface area (Å²) in [6, 6.07) is 12.1. The van der Waals surface area contributed by atoms with Gasteiger partial charge in [0.05, 0.1) is 11.3 Å². The van der Waals surface area contributed by atoms with Crippen molar-refractivity contribution in [1.82, 2.24) is 5.32 Å². The molecule has 0 aliphatic rings. The Kier molecular flexibility index (Phi) is 5.56. The predicted molar refractivity (Wildman–Crippen MR) is 108 cm³/mol. The van der Waals surface area contributed by atoms with E-state index in [0.29, 0.717) is 27.9 Å². The largest absolute Gasteiger partial charge is 0.354 e. The van der Waals surface area contributed by atoms with Gasteiger partial charge in [0.1, 0.15) is 5.82 Å². The molecule has 0 saturated carbocycles.